The Morgan fingerprint density at radius 3 is 2.89 bits per heavy atom. The zero-order valence-corrected chi connectivity index (χ0v) is 9.87. The van der Waals surface area contributed by atoms with Gasteiger partial charge in [-0.2, -0.15) is 0 Å². The number of aromatic nitrogens is 3. The van der Waals surface area contributed by atoms with Crippen LogP contribution in [0.2, 0.25) is 0 Å². The second kappa shape index (κ2) is 4.07. The zero-order chi connectivity index (χ0) is 12.5. The minimum Gasteiger partial charge on any atom is -0.268 e. The number of rotatable bonds is 1. The van der Waals surface area contributed by atoms with E-state index in [0.717, 1.165) is 11.1 Å². The first-order valence-corrected chi connectivity index (χ1v) is 5.65. The molecule has 0 aliphatic heterocycles. The smallest absolute Gasteiger partial charge is 0.265 e. The van der Waals surface area contributed by atoms with Gasteiger partial charge in [0.2, 0.25) is 0 Å². The fourth-order valence-electron chi connectivity index (χ4n) is 1.92. The summed E-state index contributed by atoms with van der Waals surface area (Å²) in [5.41, 5.74) is 0.782. The van der Waals surface area contributed by atoms with Crippen LogP contribution in [0.3, 0.4) is 0 Å². The summed E-state index contributed by atoms with van der Waals surface area (Å²) in [5, 5.41) is 1.49. The molecular formula is C14H11N3O. The molecule has 0 amide bonds. The van der Waals surface area contributed by atoms with Crippen LogP contribution in [-0.4, -0.2) is 14.5 Å². The van der Waals surface area contributed by atoms with E-state index in [0.29, 0.717) is 11.2 Å². The fraction of sp³-hybridized carbons (Fsp3) is 0.0714. The lowest BCUT2D eigenvalue weighted by molar-refractivity contribution is 0.940. The van der Waals surface area contributed by atoms with Crippen molar-refractivity contribution in [2.24, 2.45) is 0 Å². The van der Waals surface area contributed by atoms with Gasteiger partial charge in [-0.25, -0.2) is 4.98 Å². The predicted molar refractivity (Wildman–Crippen MR) is 69.9 cm³/mol. The molecule has 18 heavy (non-hydrogen) atoms. The summed E-state index contributed by atoms with van der Waals surface area (Å²) in [6.07, 6.45) is 5.01. The molecule has 0 N–H and O–H groups in total. The third-order valence-electron chi connectivity index (χ3n) is 2.83. The standard InChI is InChI=1S/C14H11N3O/c1-10-3-2-4-13(16-10)17-8-6-11-5-7-15-9-12(11)14(17)18/h2-9H,1H3. The highest BCUT2D eigenvalue weighted by molar-refractivity contribution is 5.80. The second-order valence-corrected chi connectivity index (χ2v) is 4.09. The first kappa shape index (κ1) is 10.7. The molecule has 0 atom stereocenters. The molecule has 0 bridgehead atoms. The Morgan fingerprint density at radius 2 is 2.06 bits per heavy atom. The highest BCUT2D eigenvalue weighted by Gasteiger charge is 2.05. The minimum absolute atomic E-state index is 0.0984. The lowest BCUT2D eigenvalue weighted by Gasteiger charge is -2.06. The number of pyridine rings is 3. The first-order valence-electron chi connectivity index (χ1n) is 5.65. The van der Waals surface area contributed by atoms with E-state index in [4.69, 9.17) is 0 Å². The highest BCUT2D eigenvalue weighted by Crippen LogP contribution is 2.09. The Kier molecular flexibility index (Phi) is 2.41. The van der Waals surface area contributed by atoms with Crippen LogP contribution in [0.15, 0.2) is 53.7 Å². The van der Waals surface area contributed by atoms with Crippen molar-refractivity contribution in [1.29, 1.82) is 0 Å². The molecule has 0 aliphatic carbocycles. The van der Waals surface area contributed by atoms with Crippen LogP contribution in [0.5, 0.6) is 0 Å². The van der Waals surface area contributed by atoms with Crippen LogP contribution < -0.4 is 5.56 Å². The number of hydrogen-bond acceptors (Lipinski definition) is 3. The molecule has 4 heteroatoms. The number of aryl methyl sites for hydroxylation is 1. The van der Waals surface area contributed by atoms with E-state index < -0.39 is 0 Å². The summed E-state index contributed by atoms with van der Waals surface area (Å²) in [7, 11) is 0. The Balaban J connectivity index is 2.31. The molecule has 0 saturated carbocycles. The normalized spacial score (nSPS) is 10.7. The van der Waals surface area contributed by atoms with Crippen molar-refractivity contribution in [3.63, 3.8) is 0 Å². The maximum Gasteiger partial charge on any atom is 0.265 e. The summed E-state index contributed by atoms with van der Waals surface area (Å²) >= 11 is 0. The van der Waals surface area contributed by atoms with Crippen LogP contribution in [-0.2, 0) is 0 Å². The highest BCUT2D eigenvalue weighted by atomic mass is 16.1. The molecule has 0 saturated heterocycles. The quantitative estimate of drug-likeness (QED) is 0.651. The van der Waals surface area contributed by atoms with Gasteiger partial charge < -0.3 is 0 Å². The van der Waals surface area contributed by atoms with Crippen molar-refractivity contribution in [3.8, 4) is 5.82 Å². The molecule has 88 valence electrons. The van der Waals surface area contributed by atoms with E-state index in [1.165, 1.54) is 4.57 Å². The Bertz CT molecular complexity index is 777. The molecule has 0 spiro atoms. The van der Waals surface area contributed by atoms with E-state index >= 15 is 0 Å². The lowest BCUT2D eigenvalue weighted by Crippen LogP contribution is -2.18. The average molecular weight is 237 g/mol. The molecule has 0 radical (unpaired) electrons. The van der Waals surface area contributed by atoms with Crippen LogP contribution in [0.4, 0.5) is 0 Å². The molecule has 0 unspecified atom stereocenters. The summed E-state index contributed by atoms with van der Waals surface area (Å²) in [5.74, 6) is 0.630. The van der Waals surface area contributed by atoms with E-state index in [1.54, 1.807) is 18.6 Å². The first-order chi connectivity index (χ1) is 8.75. The van der Waals surface area contributed by atoms with Gasteiger partial charge in [0.05, 0.1) is 5.39 Å². The van der Waals surface area contributed by atoms with Gasteiger partial charge in [-0.3, -0.25) is 14.3 Å². The molecule has 3 heterocycles. The maximum atomic E-state index is 12.3. The second-order valence-electron chi connectivity index (χ2n) is 4.09. The molecule has 3 aromatic heterocycles. The summed E-state index contributed by atoms with van der Waals surface area (Å²) < 4.78 is 1.54. The monoisotopic (exact) mass is 237 g/mol. The Labute approximate surface area is 104 Å². The van der Waals surface area contributed by atoms with E-state index in [1.807, 2.05) is 37.3 Å². The largest absolute Gasteiger partial charge is 0.268 e. The average Bonchev–Trinajstić information content (AvgIpc) is 2.39. The third-order valence-corrected chi connectivity index (χ3v) is 2.83. The molecule has 4 nitrogen and oxygen atoms in total. The van der Waals surface area contributed by atoms with Gasteiger partial charge in [-0.15, -0.1) is 0 Å². The van der Waals surface area contributed by atoms with Gasteiger partial charge in [0.1, 0.15) is 5.82 Å². The Morgan fingerprint density at radius 1 is 1.17 bits per heavy atom. The van der Waals surface area contributed by atoms with Crippen molar-refractivity contribution in [3.05, 3.63) is 65.0 Å². The molecule has 3 aromatic rings. The minimum atomic E-state index is -0.0984. The molecular weight excluding hydrogens is 226 g/mol. The molecule has 0 aromatic carbocycles. The van der Waals surface area contributed by atoms with Crippen molar-refractivity contribution in [2.75, 3.05) is 0 Å². The summed E-state index contributed by atoms with van der Waals surface area (Å²) in [6.45, 7) is 1.90. The SMILES string of the molecule is Cc1cccc(-n2ccc3ccncc3c2=O)n1. The van der Waals surface area contributed by atoms with Gasteiger partial charge in [-0.1, -0.05) is 6.07 Å². The number of fused-ring (bicyclic) bond motifs is 1. The van der Waals surface area contributed by atoms with Gasteiger partial charge in [0.15, 0.2) is 0 Å². The van der Waals surface area contributed by atoms with Gasteiger partial charge in [-0.05, 0) is 36.6 Å². The number of hydrogen-bond donors (Lipinski definition) is 0. The van der Waals surface area contributed by atoms with E-state index in [9.17, 15) is 4.79 Å². The van der Waals surface area contributed by atoms with Crippen LogP contribution in [0, 0.1) is 6.92 Å². The van der Waals surface area contributed by atoms with Gasteiger partial charge in [0, 0.05) is 24.3 Å². The summed E-state index contributed by atoms with van der Waals surface area (Å²) in [6, 6.07) is 9.32. The third kappa shape index (κ3) is 1.68. The van der Waals surface area contributed by atoms with Gasteiger partial charge >= 0.3 is 0 Å². The van der Waals surface area contributed by atoms with Crippen LogP contribution in [0.1, 0.15) is 5.69 Å². The van der Waals surface area contributed by atoms with Crippen molar-refractivity contribution in [2.45, 2.75) is 6.92 Å². The van der Waals surface area contributed by atoms with E-state index in [-0.39, 0.29) is 5.56 Å². The molecule has 0 aliphatic rings. The predicted octanol–water partition coefficient (Wildman–Crippen LogP) is 2.09. The molecule has 3 rings (SSSR count). The van der Waals surface area contributed by atoms with Crippen molar-refractivity contribution < 1.29 is 0 Å². The summed E-state index contributed by atoms with van der Waals surface area (Å²) in [4.78, 5) is 20.7. The topological polar surface area (TPSA) is 47.8 Å². The van der Waals surface area contributed by atoms with Crippen molar-refractivity contribution in [1.82, 2.24) is 14.5 Å². The molecule has 0 fully saturated rings. The van der Waals surface area contributed by atoms with Gasteiger partial charge in [0.25, 0.3) is 5.56 Å². The van der Waals surface area contributed by atoms with E-state index in [2.05, 4.69) is 9.97 Å². The van der Waals surface area contributed by atoms with Crippen LogP contribution in [0.25, 0.3) is 16.6 Å². The van der Waals surface area contributed by atoms with Crippen molar-refractivity contribution >= 4 is 10.8 Å². The number of nitrogens with zero attached hydrogens (tertiary/aromatic N) is 3. The lowest BCUT2D eigenvalue weighted by atomic mass is 10.2. The van der Waals surface area contributed by atoms with Crippen LogP contribution >= 0.6 is 0 Å². The fourth-order valence-corrected chi connectivity index (χ4v) is 1.92. The Hall–Kier alpha value is -2.49. The maximum absolute atomic E-state index is 12.3. The zero-order valence-electron chi connectivity index (χ0n) is 9.87.